The summed E-state index contributed by atoms with van der Waals surface area (Å²) in [6.45, 7) is 4.88. The molecule has 0 aliphatic heterocycles. The first-order chi connectivity index (χ1) is 14.3. The number of rotatable bonds is 8. The first-order valence-corrected chi connectivity index (χ1v) is 10.4. The minimum atomic E-state index is -0.389. The number of phenolic OH excluding ortho intramolecular Hbond substituents is 1. The van der Waals surface area contributed by atoms with Crippen molar-refractivity contribution in [3.05, 3.63) is 71.0 Å². The van der Waals surface area contributed by atoms with Gasteiger partial charge >= 0.3 is 0 Å². The molecule has 1 amide bonds. The summed E-state index contributed by atoms with van der Waals surface area (Å²) < 4.78 is 2.24. The summed E-state index contributed by atoms with van der Waals surface area (Å²) in [5.74, 6) is -0.123. The Hall–Kier alpha value is -3.21. The van der Waals surface area contributed by atoms with Crippen molar-refractivity contribution in [2.45, 2.75) is 39.7 Å². The van der Waals surface area contributed by atoms with E-state index in [1.807, 2.05) is 33.2 Å². The molecule has 0 radical (unpaired) electrons. The van der Waals surface area contributed by atoms with Gasteiger partial charge in [-0.1, -0.05) is 37.6 Å². The first kappa shape index (κ1) is 21.5. The predicted octanol–water partition coefficient (Wildman–Crippen LogP) is 4.53. The van der Waals surface area contributed by atoms with Gasteiger partial charge in [-0.2, -0.15) is 0 Å². The lowest BCUT2D eigenvalue weighted by Crippen LogP contribution is -2.14. The first-order valence-electron chi connectivity index (χ1n) is 10.4. The zero-order chi connectivity index (χ0) is 21.8. The lowest BCUT2D eigenvalue weighted by molar-refractivity contribution is 0.1000. The van der Waals surface area contributed by atoms with Crippen molar-refractivity contribution < 1.29 is 9.90 Å². The van der Waals surface area contributed by atoms with Crippen LogP contribution in [0.25, 0.3) is 11.1 Å². The van der Waals surface area contributed by atoms with Gasteiger partial charge in [-0.15, -0.1) is 0 Å². The molecule has 0 saturated carbocycles. The minimum absolute atomic E-state index is 0.266. The van der Waals surface area contributed by atoms with Crippen LogP contribution in [0.3, 0.4) is 0 Å². The van der Waals surface area contributed by atoms with Crippen molar-refractivity contribution in [2.75, 3.05) is 19.0 Å². The number of aromatic hydroxyl groups is 1. The zero-order valence-corrected chi connectivity index (χ0v) is 18.3. The molecule has 0 saturated heterocycles. The Kier molecular flexibility index (Phi) is 6.50. The summed E-state index contributed by atoms with van der Waals surface area (Å²) in [6, 6.07) is 15.6. The third-order valence-electron chi connectivity index (χ3n) is 5.60. The monoisotopic (exact) mass is 405 g/mol. The number of anilines is 1. The number of hydrogen-bond donors (Lipinski definition) is 2. The Labute approximate surface area is 178 Å². The van der Waals surface area contributed by atoms with E-state index in [1.54, 1.807) is 12.1 Å². The van der Waals surface area contributed by atoms with E-state index >= 15 is 0 Å². The number of amides is 1. The molecule has 3 rings (SSSR count). The fourth-order valence-corrected chi connectivity index (χ4v) is 4.04. The van der Waals surface area contributed by atoms with Crippen LogP contribution in [0.1, 0.15) is 40.7 Å². The fraction of sp³-hybridized carbons (Fsp3) is 0.320. The van der Waals surface area contributed by atoms with Crippen molar-refractivity contribution >= 4 is 11.6 Å². The highest BCUT2D eigenvalue weighted by atomic mass is 16.3. The van der Waals surface area contributed by atoms with E-state index in [0.29, 0.717) is 5.56 Å². The zero-order valence-electron chi connectivity index (χ0n) is 18.3. The smallest absolute Gasteiger partial charge is 0.251 e. The number of carbonyl (C=O) groups is 1. The van der Waals surface area contributed by atoms with Crippen LogP contribution in [-0.4, -0.2) is 29.7 Å². The van der Waals surface area contributed by atoms with Crippen LogP contribution in [0.4, 0.5) is 5.69 Å². The van der Waals surface area contributed by atoms with Crippen LogP contribution in [-0.2, 0) is 19.4 Å². The molecule has 5 nitrogen and oxygen atoms in total. The van der Waals surface area contributed by atoms with E-state index < -0.39 is 0 Å². The molecule has 5 heteroatoms. The molecule has 0 fully saturated rings. The molecule has 0 aliphatic rings. The Bertz CT molecular complexity index is 1020. The Morgan fingerprint density at radius 3 is 2.20 bits per heavy atom. The molecule has 3 N–H and O–H groups in total. The van der Waals surface area contributed by atoms with Crippen LogP contribution < -0.4 is 10.6 Å². The lowest BCUT2D eigenvalue weighted by Gasteiger charge is -2.15. The van der Waals surface area contributed by atoms with Crippen LogP contribution in [0.5, 0.6) is 5.75 Å². The second-order valence-electron chi connectivity index (χ2n) is 7.91. The molecule has 0 atom stereocenters. The minimum Gasteiger partial charge on any atom is -0.508 e. The second kappa shape index (κ2) is 9.08. The van der Waals surface area contributed by atoms with Gasteiger partial charge in [-0.25, -0.2) is 0 Å². The number of carbonyl (C=O) groups excluding carboxylic acids is 1. The summed E-state index contributed by atoms with van der Waals surface area (Å²) in [7, 11) is 4.02. The van der Waals surface area contributed by atoms with Crippen molar-refractivity contribution in [3.8, 4) is 16.9 Å². The highest BCUT2D eigenvalue weighted by Crippen LogP contribution is 2.34. The predicted molar refractivity (Wildman–Crippen MR) is 123 cm³/mol. The van der Waals surface area contributed by atoms with E-state index in [9.17, 15) is 9.90 Å². The van der Waals surface area contributed by atoms with Gasteiger partial charge in [0.2, 0.25) is 0 Å². The SMILES string of the molecule is CCCc1c(-c2ccc(N(C)C)cc2)c(C(N)=O)c(C)n1CCc1ccc(O)cc1. The van der Waals surface area contributed by atoms with Crippen LogP contribution in [0, 0.1) is 6.92 Å². The summed E-state index contributed by atoms with van der Waals surface area (Å²) in [5, 5.41) is 9.52. The molecule has 1 heterocycles. The van der Waals surface area contributed by atoms with E-state index in [-0.39, 0.29) is 11.7 Å². The third-order valence-corrected chi connectivity index (χ3v) is 5.60. The van der Waals surface area contributed by atoms with Gasteiger partial charge in [0.15, 0.2) is 0 Å². The Morgan fingerprint density at radius 1 is 1.03 bits per heavy atom. The maximum absolute atomic E-state index is 12.4. The number of nitrogens with two attached hydrogens (primary N) is 1. The summed E-state index contributed by atoms with van der Waals surface area (Å²) in [5.41, 5.74) is 12.7. The number of hydrogen-bond acceptors (Lipinski definition) is 3. The number of nitrogens with zero attached hydrogens (tertiary/aromatic N) is 2. The number of benzene rings is 2. The maximum Gasteiger partial charge on any atom is 0.251 e. The van der Waals surface area contributed by atoms with Gasteiger partial charge in [-0.3, -0.25) is 4.79 Å². The number of phenols is 1. The van der Waals surface area contributed by atoms with Crippen molar-refractivity contribution in [3.63, 3.8) is 0 Å². The molecular weight excluding hydrogens is 374 g/mol. The molecule has 0 spiro atoms. The van der Waals surface area contributed by atoms with Crippen molar-refractivity contribution in [1.29, 1.82) is 0 Å². The summed E-state index contributed by atoms with van der Waals surface area (Å²) in [6.07, 6.45) is 2.65. The third kappa shape index (κ3) is 4.35. The van der Waals surface area contributed by atoms with E-state index in [1.165, 1.54) is 0 Å². The largest absolute Gasteiger partial charge is 0.508 e. The molecule has 0 aliphatic carbocycles. The van der Waals surface area contributed by atoms with E-state index in [2.05, 4.69) is 40.7 Å². The van der Waals surface area contributed by atoms with Crippen LogP contribution in [0.15, 0.2) is 48.5 Å². The standard InChI is InChI=1S/C25H31N3O2/c1-5-6-22-24(19-9-11-20(12-10-19)27(3)4)23(25(26)30)17(2)28(22)16-15-18-7-13-21(29)14-8-18/h7-14,29H,5-6,15-16H2,1-4H3,(H2,26,30). The molecule has 3 aromatic rings. The van der Waals surface area contributed by atoms with Crippen LogP contribution in [0.2, 0.25) is 0 Å². The number of primary amides is 1. The van der Waals surface area contributed by atoms with Gasteiger partial charge in [-0.05, 0) is 55.2 Å². The average Bonchev–Trinajstić information content (AvgIpc) is 2.99. The molecule has 158 valence electrons. The second-order valence-corrected chi connectivity index (χ2v) is 7.91. The molecule has 2 aromatic carbocycles. The maximum atomic E-state index is 12.4. The summed E-state index contributed by atoms with van der Waals surface area (Å²) >= 11 is 0. The van der Waals surface area contributed by atoms with E-state index in [0.717, 1.165) is 59.6 Å². The van der Waals surface area contributed by atoms with Crippen LogP contribution >= 0.6 is 0 Å². The van der Waals surface area contributed by atoms with Gasteiger partial charge in [0.25, 0.3) is 5.91 Å². The highest BCUT2D eigenvalue weighted by Gasteiger charge is 2.24. The number of aryl methyl sites for hydroxylation is 1. The average molecular weight is 406 g/mol. The lowest BCUT2D eigenvalue weighted by atomic mass is 9.97. The van der Waals surface area contributed by atoms with Crippen molar-refractivity contribution in [1.82, 2.24) is 4.57 Å². The highest BCUT2D eigenvalue weighted by molar-refractivity contribution is 6.02. The topological polar surface area (TPSA) is 71.5 Å². The molecule has 30 heavy (non-hydrogen) atoms. The normalized spacial score (nSPS) is 10.9. The van der Waals surface area contributed by atoms with Crippen molar-refractivity contribution in [2.24, 2.45) is 5.73 Å². The Balaban J connectivity index is 2.07. The van der Waals surface area contributed by atoms with E-state index in [4.69, 9.17) is 5.73 Å². The molecular formula is C25H31N3O2. The quantitative estimate of drug-likeness (QED) is 0.578. The fourth-order valence-electron chi connectivity index (χ4n) is 4.04. The van der Waals surface area contributed by atoms with Gasteiger partial charge in [0.1, 0.15) is 5.75 Å². The summed E-state index contributed by atoms with van der Waals surface area (Å²) in [4.78, 5) is 14.5. The van der Waals surface area contributed by atoms with Gasteiger partial charge < -0.3 is 20.3 Å². The Morgan fingerprint density at radius 2 is 1.67 bits per heavy atom. The molecule has 0 unspecified atom stereocenters. The van der Waals surface area contributed by atoms with Gasteiger partial charge in [0, 0.05) is 43.3 Å². The molecule has 1 aromatic heterocycles. The van der Waals surface area contributed by atoms with Gasteiger partial charge in [0.05, 0.1) is 5.56 Å². The number of aromatic nitrogens is 1. The molecule has 0 bridgehead atoms.